The number of ether oxygens (including phenoxy) is 2. The Morgan fingerprint density at radius 2 is 2.00 bits per heavy atom. The van der Waals surface area contributed by atoms with Crippen molar-refractivity contribution in [2.24, 2.45) is 0 Å². The Balaban J connectivity index is 3.06. The Kier molecular flexibility index (Phi) is 5.78. The van der Waals surface area contributed by atoms with Gasteiger partial charge < -0.3 is 19.5 Å². The zero-order chi connectivity index (χ0) is 16.0. The van der Waals surface area contributed by atoms with Crippen molar-refractivity contribution in [3.8, 4) is 11.5 Å². The van der Waals surface area contributed by atoms with Gasteiger partial charge in [-0.1, -0.05) is 0 Å². The molecule has 1 atom stereocenters. The molecule has 0 heterocycles. The number of benzene rings is 1. The highest BCUT2D eigenvalue weighted by atomic mass is 16.5. The molecule has 0 bridgehead atoms. The van der Waals surface area contributed by atoms with Gasteiger partial charge in [-0.3, -0.25) is 4.79 Å². The molecule has 0 radical (unpaired) electrons. The van der Waals surface area contributed by atoms with Crippen LogP contribution in [0.25, 0.3) is 6.08 Å². The Morgan fingerprint density at radius 1 is 1.33 bits per heavy atom. The lowest BCUT2D eigenvalue weighted by atomic mass is 10.1. The van der Waals surface area contributed by atoms with E-state index in [1.54, 1.807) is 39.2 Å². The van der Waals surface area contributed by atoms with Crippen LogP contribution in [0.5, 0.6) is 11.5 Å². The van der Waals surface area contributed by atoms with E-state index in [0.717, 1.165) is 6.08 Å². The third-order valence-electron chi connectivity index (χ3n) is 2.72. The lowest BCUT2D eigenvalue weighted by Gasteiger charge is -2.19. The smallest absolute Gasteiger partial charge is 0.328 e. The van der Waals surface area contributed by atoms with Crippen LogP contribution in [0.1, 0.15) is 12.5 Å². The molecule has 0 aromatic heterocycles. The molecule has 1 aromatic rings. The Hall–Kier alpha value is -2.50. The molecule has 6 nitrogen and oxygen atoms in total. The molecule has 0 saturated heterocycles. The quantitative estimate of drug-likeness (QED) is 0.807. The van der Waals surface area contributed by atoms with Gasteiger partial charge in [0.05, 0.1) is 7.11 Å². The summed E-state index contributed by atoms with van der Waals surface area (Å²) in [6.07, 6.45) is 1.72. The van der Waals surface area contributed by atoms with Crippen molar-refractivity contribution in [1.82, 2.24) is 4.90 Å². The molecule has 1 aromatic carbocycles. The molecule has 1 amide bonds. The Morgan fingerprint density at radius 3 is 2.52 bits per heavy atom. The number of hydrogen-bond donors (Lipinski definition) is 1. The number of aliphatic carboxylic acids is 1. The van der Waals surface area contributed by atoms with Crippen molar-refractivity contribution in [1.29, 1.82) is 0 Å². The molecule has 0 aliphatic heterocycles. The number of nitrogens with zero attached hydrogens (tertiary/aromatic N) is 1. The summed E-state index contributed by atoms with van der Waals surface area (Å²) >= 11 is 0. The van der Waals surface area contributed by atoms with E-state index in [1.807, 2.05) is 0 Å². The first-order valence-electron chi connectivity index (χ1n) is 6.32. The molecule has 0 aliphatic carbocycles. The minimum Gasteiger partial charge on any atom is -0.497 e. The third-order valence-corrected chi connectivity index (χ3v) is 2.72. The number of carboxylic acids is 1. The third kappa shape index (κ3) is 4.83. The fourth-order valence-corrected chi connectivity index (χ4v) is 1.65. The summed E-state index contributed by atoms with van der Waals surface area (Å²) in [6.45, 7) is 1.63. The maximum atomic E-state index is 11.8. The first kappa shape index (κ1) is 16.6. The van der Waals surface area contributed by atoms with Crippen LogP contribution < -0.4 is 9.47 Å². The zero-order valence-electron chi connectivity index (χ0n) is 12.5. The minimum atomic E-state index is -1.06. The molecule has 21 heavy (non-hydrogen) atoms. The first-order chi connectivity index (χ1) is 9.85. The highest BCUT2D eigenvalue weighted by Gasteiger charge is 2.18. The van der Waals surface area contributed by atoms with Gasteiger partial charge in [-0.05, 0) is 25.1 Å². The van der Waals surface area contributed by atoms with Gasteiger partial charge in [-0.2, -0.15) is 0 Å². The zero-order valence-corrected chi connectivity index (χ0v) is 12.5. The van der Waals surface area contributed by atoms with E-state index in [2.05, 4.69) is 0 Å². The molecule has 0 spiro atoms. The van der Waals surface area contributed by atoms with Gasteiger partial charge >= 0.3 is 5.97 Å². The van der Waals surface area contributed by atoms with Gasteiger partial charge in [0.15, 0.2) is 6.10 Å². The number of carboxylic acid groups (broad SMARTS) is 1. The van der Waals surface area contributed by atoms with Crippen LogP contribution in [-0.2, 0) is 9.59 Å². The van der Waals surface area contributed by atoms with Crippen molar-refractivity contribution < 1.29 is 24.2 Å². The lowest BCUT2D eigenvalue weighted by molar-refractivity contribution is -0.135. The van der Waals surface area contributed by atoms with Gasteiger partial charge in [0.25, 0.3) is 5.91 Å². The Labute approximate surface area is 123 Å². The van der Waals surface area contributed by atoms with Gasteiger partial charge in [-0.25, -0.2) is 4.79 Å². The van der Waals surface area contributed by atoms with Crippen LogP contribution in [0.2, 0.25) is 0 Å². The molecule has 1 N–H and O–H groups in total. The number of likely N-dealkylation sites (N-methyl/N-ethyl adjacent to an activating group) is 1. The first-order valence-corrected chi connectivity index (χ1v) is 6.32. The van der Waals surface area contributed by atoms with Crippen molar-refractivity contribution in [2.45, 2.75) is 13.0 Å². The van der Waals surface area contributed by atoms with Crippen molar-refractivity contribution in [3.63, 3.8) is 0 Å². The maximum absolute atomic E-state index is 11.8. The average molecular weight is 293 g/mol. The van der Waals surface area contributed by atoms with Crippen LogP contribution in [-0.4, -0.2) is 49.2 Å². The van der Waals surface area contributed by atoms with Crippen LogP contribution in [0.4, 0.5) is 0 Å². The second-order valence-corrected chi connectivity index (χ2v) is 4.57. The standard InChI is InChI=1S/C15H19NO5/c1-10(15(19)16(2)3)21-13-9-12(20-4)7-5-11(13)6-8-14(17)18/h5-10H,1-4H3,(H,17,18). The molecular weight excluding hydrogens is 274 g/mol. The van der Waals surface area contributed by atoms with Gasteiger partial charge in [0, 0.05) is 31.8 Å². The minimum absolute atomic E-state index is 0.189. The molecule has 1 unspecified atom stereocenters. The van der Waals surface area contributed by atoms with E-state index >= 15 is 0 Å². The van der Waals surface area contributed by atoms with Gasteiger partial charge in [0.1, 0.15) is 11.5 Å². The Bertz CT molecular complexity index is 551. The fraction of sp³-hybridized carbons (Fsp3) is 0.333. The van der Waals surface area contributed by atoms with Crippen LogP contribution in [0.15, 0.2) is 24.3 Å². The van der Waals surface area contributed by atoms with Crippen LogP contribution in [0.3, 0.4) is 0 Å². The van der Waals surface area contributed by atoms with E-state index < -0.39 is 12.1 Å². The maximum Gasteiger partial charge on any atom is 0.328 e. The summed E-state index contributed by atoms with van der Waals surface area (Å²) in [4.78, 5) is 23.9. The van der Waals surface area contributed by atoms with E-state index in [4.69, 9.17) is 14.6 Å². The monoisotopic (exact) mass is 293 g/mol. The summed E-state index contributed by atoms with van der Waals surface area (Å²) < 4.78 is 10.7. The molecule has 0 fully saturated rings. The number of methoxy groups -OCH3 is 1. The van der Waals surface area contributed by atoms with Crippen molar-refractivity contribution >= 4 is 18.0 Å². The predicted molar refractivity (Wildman–Crippen MR) is 78.4 cm³/mol. The number of hydrogen-bond acceptors (Lipinski definition) is 4. The van der Waals surface area contributed by atoms with E-state index in [0.29, 0.717) is 17.1 Å². The highest BCUT2D eigenvalue weighted by molar-refractivity contribution is 5.86. The number of carbonyl (C=O) groups excluding carboxylic acids is 1. The van der Waals surface area contributed by atoms with Crippen LogP contribution >= 0.6 is 0 Å². The number of amides is 1. The predicted octanol–water partition coefficient (Wildman–Crippen LogP) is 1.65. The average Bonchev–Trinajstić information content (AvgIpc) is 2.44. The number of carbonyl (C=O) groups is 2. The summed E-state index contributed by atoms with van der Waals surface area (Å²) in [5.74, 6) is -0.309. The second-order valence-electron chi connectivity index (χ2n) is 4.57. The van der Waals surface area contributed by atoms with Crippen molar-refractivity contribution in [3.05, 3.63) is 29.8 Å². The molecular formula is C15H19NO5. The molecule has 0 saturated carbocycles. The van der Waals surface area contributed by atoms with E-state index in [9.17, 15) is 9.59 Å². The SMILES string of the molecule is COc1ccc(C=CC(=O)O)c(OC(C)C(=O)N(C)C)c1. The normalized spacial score (nSPS) is 12.0. The van der Waals surface area contributed by atoms with Crippen LogP contribution in [0, 0.1) is 0 Å². The summed E-state index contributed by atoms with van der Waals surface area (Å²) in [6, 6.07) is 4.97. The second kappa shape index (κ2) is 7.33. The topological polar surface area (TPSA) is 76.1 Å². The molecule has 114 valence electrons. The lowest BCUT2D eigenvalue weighted by Crippen LogP contribution is -2.35. The van der Waals surface area contributed by atoms with Crippen molar-refractivity contribution in [2.75, 3.05) is 21.2 Å². The van der Waals surface area contributed by atoms with E-state index in [-0.39, 0.29) is 5.91 Å². The van der Waals surface area contributed by atoms with E-state index in [1.165, 1.54) is 18.1 Å². The number of rotatable bonds is 6. The fourth-order valence-electron chi connectivity index (χ4n) is 1.65. The summed E-state index contributed by atoms with van der Waals surface area (Å²) in [5.41, 5.74) is 0.552. The molecule has 1 rings (SSSR count). The largest absolute Gasteiger partial charge is 0.497 e. The highest BCUT2D eigenvalue weighted by Crippen LogP contribution is 2.27. The van der Waals surface area contributed by atoms with Gasteiger partial charge in [0.2, 0.25) is 0 Å². The summed E-state index contributed by atoms with van der Waals surface area (Å²) in [7, 11) is 4.79. The summed E-state index contributed by atoms with van der Waals surface area (Å²) in [5, 5.41) is 8.70. The van der Waals surface area contributed by atoms with Gasteiger partial charge in [-0.15, -0.1) is 0 Å². The molecule has 0 aliphatic rings. The molecule has 6 heteroatoms.